The maximum atomic E-state index is 4.57. The average Bonchev–Trinajstić information content (AvgIpc) is 2.61. The zero-order valence-electron chi connectivity index (χ0n) is 9.58. The van der Waals surface area contributed by atoms with E-state index in [-0.39, 0.29) is 0 Å². The first-order valence-electron chi connectivity index (χ1n) is 5.23. The van der Waals surface area contributed by atoms with Crippen LogP contribution < -0.4 is 5.32 Å². The molecule has 1 saturated heterocycles. The van der Waals surface area contributed by atoms with E-state index in [1.54, 1.807) is 0 Å². The second kappa shape index (κ2) is 5.61. The molecule has 82 valence electrons. The van der Waals surface area contributed by atoms with Crippen molar-refractivity contribution in [1.82, 2.24) is 10.2 Å². The number of rotatable bonds is 4. The van der Waals surface area contributed by atoms with Crippen LogP contribution in [0, 0.1) is 0 Å². The summed E-state index contributed by atoms with van der Waals surface area (Å²) < 4.78 is 0. The third-order valence-electron chi connectivity index (χ3n) is 2.62. The van der Waals surface area contributed by atoms with E-state index in [1.807, 2.05) is 11.8 Å². The molecule has 1 rings (SSSR count). The number of hydrogen-bond acceptors (Lipinski definition) is 3. The highest BCUT2D eigenvalue weighted by molar-refractivity contribution is 8.14. The molecule has 0 amide bonds. The standard InChI is InChI=1S/C10H21N3S/c1-5-9-7-14-10(12-9)11-6-8(2)13(3)4/h8-9H,5-7H2,1-4H3,(H,11,12). The Kier molecular flexibility index (Phi) is 4.75. The van der Waals surface area contributed by atoms with Gasteiger partial charge in [0.15, 0.2) is 5.17 Å². The van der Waals surface area contributed by atoms with Crippen LogP contribution in [0.2, 0.25) is 0 Å². The third-order valence-corrected chi connectivity index (χ3v) is 3.71. The van der Waals surface area contributed by atoms with Crippen molar-refractivity contribution in [3.8, 4) is 0 Å². The van der Waals surface area contributed by atoms with Gasteiger partial charge in [-0.15, -0.1) is 0 Å². The minimum Gasteiger partial charge on any atom is -0.361 e. The molecule has 0 bridgehead atoms. The smallest absolute Gasteiger partial charge is 0.156 e. The molecule has 0 aliphatic carbocycles. The van der Waals surface area contributed by atoms with Crippen LogP contribution in [-0.2, 0) is 0 Å². The van der Waals surface area contributed by atoms with Gasteiger partial charge in [0.1, 0.15) is 0 Å². The fourth-order valence-corrected chi connectivity index (χ4v) is 2.22. The Labute approximate surface area is 91.3 Å². The number of amidine groups is 1. The van der Waals surface area contributed by atoms with Gasteiger partial charge < -0.3 is 10.2 Å². The second-order valence-corrected chi connectivity index (χ2v) is 5.03. The Morgan fingerprint density at radius 3 is 2.86 bits per heavy atom. The summed E-state index contributed by atoms with van der Waals surface area (Å²) in [5, 5.41) is 4.56. The van der Waals surface area contributed by atoms with Crippen molar-refractivity contribution < 1.29 is 0 Å². The Bertz CT molecular complexity index is 204. The lowest BCUT2D eigenvalue weighted by Crippen LogP contribution is -2.30. The van der Waals surface area contributed by atoms with E-state index in [0.717, 1.165) is 11.7 Å². The van der Waals surface area contributed by atoms with Gasteiger partial charge in [-0.1, -0.05) is 18.7 Å². The molecule has 3 nitrogen and oxygen atoms in total. The van der Waals surface area contributed by atoms with Gasteiger partial charge in [0.2, 0.25) is 0 Å². The molecule has 1 heterocycles. The highest BCUT2D eigenvalue weighted by Crippen LogP contribution is 2.15. The normalized spacial score (nSPS) is 26.9. The molecule has 0 aromatic carbocycles. The van der Waals surface area contributed by atoms with E-state index in [1.165, 1.54) is 12.2 Å². The van der Waals surface area contributed by atoms with Crippen LogP contribution >= 0.6 is 11.8 Å². The van der Waals surface area contributed by atoms with Crippen LogP contribution in [0.1, 0.15) is 20.3 Å². The predicted molar refractivity (Wildman–Crippen MR) is 65.1 cm³/mol. The summed E-state index contributed by atoms with van der Waals surface area (Å²) in [4.78, 5) is 6.76. The Morgan fingerprint density at radius 2 is 2.36 bits per heavy atom. The van der Waals surface area contributed by atoms with Gasteiger partial charge in [-0.25, -0.2) is 0 Å². The van der Waals surface area contributed by atoms with Crippen LogP contribution in [0.3, 0.4) is 0 Å². The van der Waals surface area contributed by atoms with Gasteiger partial charge in [-0.3, -0.25) is 4.99 Å². The average molecular weight is 215 g/mol. The predicted octanol–water partition coefficient (Wildman–Crippen LogP) is 1.41. The largest absolute Gasteiger partial charge is 0.361 e. The molecular weight excluding hydrogens is 194 g/mol. The van der Waals surface area contributed by atoms with Gasteiger partial charge in [0, 0.05) is 17.8 Å². The summed E-state index contributed by atoms with van der Waals surface area (Å²) in [5.41, 5.74) is 0. The van der Waals surface area contributed by atoms with E-state index < -0.39 is 0 Å². The van der Waals surface area contributed by atoms with Crippen LogP contribution in [-0.4, -0.2) is 48.5 Å². The lowest BCUT2D eigenvalue weighted by molar-refractivity contribution is 0.321. The van der Waals surface area contributed by atoms with Crippen molar-refractivity contribution in [1.29, 1.82) is 0 Å². The molecule has 4 heteroatoms. The monoisotopic (exact) mass is 215 g/mol. The summed E-state index contributed by atoms with van der Waals surface area (Å²) >= 11 is 1.85. The highest BCUT2D eigenvalue weighted by atomic mass is 32.2. The maximum Gasteiger partial charge on any atom is 0.156 e. The van der Waals surface area contributed by atoms with Gasteiger partial charge in [-0.05, 0) is 27.4 Å². The first-order chi connectivity index (χ1) is 6.63. The van der Waals surface area contributed by atoms with Crippen molar-refractivity contribution in [3.05, 3.63) is 0 Å². The summed E-state index contributed by atoms with van der Waals surface area (Å²) in [6.45, 7) is 5.30. The molecule has 2 atom stereocenters. The molecule has 1 aliphatic heterocycles. The summed E-state index contributed by atoms with van der Waals surface area (Å²) in [6, 6.07) is 1.15. The number of thioether (sulfide) groups is 1. The van der Waals surface area contributed by atoms with E-state index in [0.29, 0.717) is 12.1 Å². The van der Waals surface area contributed by atoms with Crippen molar-refractivity contribution >= 4 is 16.9 Å². The minimum atomic E-state index is 0.519. The van der Waals surface area contributed by atoms with Crippen LogP contribution in [0.4, 0.5) is 0 Å². The number of hydrogen-bond donors (Lipinski definition) is 1. The van der Waals surface area contributed by atoms with E-state index >= 15 is 0 Å². The fraction of sp³-hybridized carbons (Fsp3) is 0.900. The molecule has 14 heavy (non-hydrogen) atoms. The Hall–Kier alpha value is -0.220. The second-order valence-electron chi connectivity index (χ2n) is 4.02. The van der Waals surface area contributed by atoms with Gasteiger partial charge in [-0.2, -0.15) is 0 Å². The molecule has 1 N–H and O–H groups in total. The molecule has 0 aromatic rings. The quantitative estimate of drug-likeness (QED) is 0.768. The number of nitrogens with zero attached hydrogens (tertiary/aromatic N) is 2. The molecule has 0 aromatic heterocycles. The minimum absolute atomic E-state index is 0.519. The zero-order chi connectivity index (χ0) is 10.6. The van der Waals surface area contributed by atoms with Crippen molar-refractivity contribution in [2.24, 2.45) is 4.99 Å². The summed E-state index contributed by atoms with van der Waals surface area (Å²) in [5.74, 6) is 1.17. The summed E-state index contributed by atoms with van der Waals surface area (Å²) in [6.07, 6.45) is 1.19. The number of likely N-dealkylation sites (N-methyl/N-ethyl adjacent to an activating group) is 1. The van der Waals surface area contributed by atoms with Crippen LogP contribution in [0.15, 0.2) is 4.99 Å². The Balaban J connectivity index is 2.32. The SMILES string of the molecule is CCC1CSC(=NCC(C)N(C)C)N1. The van der Waals surface area contributed by atoms with Gasteiger partial charge in [0.25, 0.3) is 0 Å². The van der Waals surface area contributed by atoms with Crippen LogP contribution in [0.5, 0.6) is 0 Å². The maximum absolute atomic E-state index is 4.57. The molecule has 1 aliphatic rings. The van der Waals surface area contributed by atoms with Crippen molar-refractivity contribution in [2.75, 3.05) is 26.4 Å². The topological polar surface area (TPSA) is 27.6 Å². The molecule has 0 saturated carbocycles. The van der Waals surface area contributed by atoms with Crippen LogP contribution in [0.25, 0.3) is 0 Å². The van der Waals surface area contributed by atoms with Crippen molar-refractivity contribution in [2.45, 2.75) is 32.4 Å². The lowest BCUT2D eigenvalue weighted by atomic mass is 10.3. The molecule has 2 unspecified atom stereocenters. The molecule has 0 spiro atoms. The molecular formula is C10H21N3S. The highest BCUT2D eigenvalue weighted by Gasteiger charge is 2.18. The lowest BCUT2D eigenvalue weighted by Gasteiger charge is -2.17. The summed E-state index contributed by atoms with van der Waals surface area (Å²) in [7, 11) is 4.18. The Morgan fingerprint density at radius 1 is 1.64 bits per heavy atom. The number of aliphatic imine (C=N–C) groups is 1. The van der Waals surface area contributed by atoms with E-state index in [2.05, 4.69) is 43.2 Å². The van der Waals surface area contributed by atoms with Gasteiger partial charge >= 0.3 is 0 Å². The fourth-order valence-electron chi connectivity index (χ4n) is 1.13. The first kappa shape index (κ1) is 11.9. The zero-order valence-corrected chi connectivity index (χ0v) is 10.4. The van der Waals surface area contributed by atoms with Crippen molar-refractivity contribution in [3.63, 3.8) is 0 Å². The number of nitrogens with one attached hydrogen (secondary N) is 1. The first-order valence-corrected chi connectivity index (χ1v) is 6.22. The molecule has 0 radical (unpaired) electrons. The molecule has 1 fully saturated rings. The van der Waals surface area contributed by atoms with E-state index in [9.17, 15) is 0 Å². The van der Waals surface area contributed by atoms with Gasteiger partial charge in [0.05, 0.1) is 6.54 Å². The van der Waals surface area contributed by atoms with E-state index in [4.69, 9.17) is 0 Å². The third kappa shape index (κ3) is 3.50.